The zero-order chi connectivity index (χ0) is 14.2. The summed E-state index contributed by atoms with van der Waals surface area (Å²) in [6.45, 7) is 1.55. The number of rotatable bonds is 5. The molecule has 20 heavy (non-hydrogen) atoms. The smallest absolute Gasteiger partial charge is 0.252 e. The molecule has 108 valence electrons. The van der Waals surface area contributed by atoms with E-state index in [1.165, 1.54) is 11.3 Å². The van der Waals surface area contributed by atoms with Crippen LogP contribution in [0.25, 0.3) is 0 Å². The van der Waals surface area contributed by atoms with Crippen molar-refractivity contribution >= 4 is 17.2 Å². The highest BCUT2D eigenvalue weighted by atomic mass is 32.1. The highest BCUT2D eigenvalue weighted by Gasteiger charge is 2.15. The minimum Gasteiger partial charge on any atom is -0.395 e. The Labute approximate surface area is 123 Å². The summed E-state index contributed by atoms with van der Waals surface area (Å²) in [5, 5.41) is 13.4. The van der Waals surface area contributed by atoms with Crippen molar-refractivity contribution in [2.24, 2.45) is 0 Å². The summed E-state index contributed by atoms with van der Waals surface area (Å²) in [6, 6.07) is 1.79. The molecule has 1 amide bonds. The molecule has 0 spiro atoms. The van der Waals surface area contributed by atoms with Gasteiger partial charge in [0.15, 0.2) is 0 Å². The lowest BCUT2D eigenvalue weighted by atomic mass is 10.2. The van der Waals surface area contributed by atoms with Crippen molar-refractivity contribution in [2.45, 2.75) is 31.8 Å². The fraction of sp³-hybridized carbons (Fsp3) is 0.533. The number of ether oxygens (including phenoxy) is 1. The number of aliphatic hydroxyl groups is 1. The third kappa shape index (κ3) is 4.64. The molecule has 1 saturated heterocycles. The number of thiophene rings is 1. The van der Waals surface area contributed by atoms with Crippen LogP contribution in [-0.2, 0) is 4.74 Å². The van der Waals surface area contributed by atoms with Gasteiger partial charge in [-0.05, 0) is 25.3 Å². The van der Waals surface area contributed by atoms with Gasteiger partial charge in [-0.2, -0.15) is 0 Å². The molecule has 1 unspecified atom stereocenters. The predicted octanol–water partition coefficient (Wildman–Crippen LogP) is 1.78. The van der Waals surface area contributed by atoms with Crippen molar-refractivity contribution < 1.29 is 14.6 Å². The summed E-state index contributed by atoms with van der Waals surface area (Å²) in [5.41, 5.74) is 0.649. The molecule has 1 aliphatic rings. The number of aliphatic hydroxyl groups excluding tert-OH is 1. The molecular formula is C15H19NO3S. The van der Waals surface area contributed by atoms with Crippen LogP contribution in [0.1, 0.15) is 40.9 Å². The molecule has 0 saturated carbocycles. The fourth-order valence-corrected chi connectivity index (χ4v) is 2.80. The highest BCUT2D eigenvalue weighted by molar-refractivity contribution is 7.10. The molecule has 2 rings (SSSR count). The molecule has 2 N–H and O–H groups in total. The van der Waals surface area contributed by atoms with E-state index in [1.807, 2.05) is 5.38 Å². The lowest BCUT2D eigenvalue weighted by molar-refractivity contribution is 0.0907. The Morgan fingerprint density at radius 1 is 1.60 bits per heavy atom. The average molecular weight is 293 g/mol. The SMILES string of the molecule is O=C(NCCC1CCCO1)c1csc(C#CCCO)c1. The van der Waals surface area contributed by atoms with E-state index in [0.29, 0.717) is 24.6 Å². The van der Waals surface area contributed by atoms with Gasteiger partial charge in [0.25, 0.3) is 5.91 Å². The van der Waals surface area contributed by atoms with Gasteiger partial charge in [-0.25, -0.2) is 0 Å². The average Bonchev–Trinajstić information content (AvgIpc) is 3.10. The Hall–Kier alpha value is -1.35. The van der Waals surface area contributed by atoms with E-state index < -0.39 is 0 Å². The molecule has 1 aliphatic heterocycles. The molecule has 1 aromatic heterocycles. The molecule has 0 bridgehead atoms. The quantitative estimate of drug-likeness (QED) is 0.814. The monoisotopic (exact) mass is 293 g/mol. The molecule has 1 aromatic rings. The van der Waals surface area contributed by atoms with Gasteiger partial charge in [0.1, 0.15) is 0 Å². The number of carbonyl (C=O) groups is 1. The summed E-state index contributed by atoms with van der Waals surface area (Å²) in [6.07, 6.45) is 3.86. The van der Waals surface area contributed by atoms with Crippen LogP contribution >= 0.6 is 11.3 Å². The van der Waals surface area contributed by atoms with E-state index in [2.05, 4.69) is 17.2 Å². The second-order valence-corrected chi connectivity index (χ2v) is 5.57. The van der Waals surface area contributed by atoms with Crippen LogP contribution in [0.3, 0.4) is 0 Å². The first-order valence-corrected chi connectivity index (χ1v) is 7.75. The molecule has 4 nitrogen and oxygen atoms in total. The first-order chi connectivity index (χ1) is 9.79. The Morgan fingerprint density at radius 3 is 3.25 bits per heavy atom. The second kappa shape index (κ2) is 8.05. The number of amides is 1. The summed E-state index contributed by atoms with van der Waals surface area (Å²) in [7, 11) is 0. The normalized spacial score (nSPS) is 17.6. The van der Waals surface area contributed by atoms with Crippen LogP contribution in [0.15, 0.2) is 11.4 Å². The van der Waals surface area contributed by atoms with Crippen molar-refractivity contribution in [3.8, 4) is 11.8 Å². The largest absolute Gasteiger partial charge is 0.395 e. The van der Waals surface area contributed by atoms with Crippen LogP contribution in [0.2, 0.25) is 0 Å². The minimum absolute atomic E-state index is 0.0607. The van der Waals surface area contributed by atoms with Crippen molar-refractivity contribution in [2.75, 3.05) is 19.8 Å². The van der Waals surface area contributed by atoms with Crippen molar-refractivity contribution in [3.63, 3.8) is 0 Å². The summed E-state index contributed by atoms with van der Waals surface area (Å²) in [4.78, 5) is 12.8. The van der Waals surface area contributed by atoms with Crippen LogP contribution in [-0.4, -0.2) is 36.9 Å². The van der Waals surface area contributed by atoms with Crippen molar-refractivity contribution in [3.05, 3.63) is 21.9 Å². The molecule has 1 fully saturated rings. The van der Waals surface area contributed by atoms with Gasteiger partial charge in [0.05, 0.1) is 23.2 Å². The van der Waals surface area contributed by atoms with E-state index >= 15 is 0 Å². The zero-order valence-corrected chi connectivity index (χ0v) is 12.2. The Morgan fingerprint density at radius 2 is 2.50 bits per heavy atom. The number of carbonyl (C=O) groups excluding carboxylic acids is 1. The Kier molecular flexibility index (Phi) is 6.06. The molecular weight excluding hydrogens is 274 g/mol. The lowest BCUT2D eigenvalue weighted by Gasteiger charge is -2.09. The summed E-state index contributed by atoms with van der Waals surface area (Å²) >= 11 is 1.45. The molecule has 5 heteroatoms. The van der Waals surface area contributed by atoms with E-state index in [-0.39, 0.29) is 12.5 Å². The van der Waals surface area contributed by atoms with Crippen molar-refractivity contribution in [1.29, 1.82) is 0 Å². The lowest BCUT2D eigenvalue weighted by Crippen LogP contribution is -2.26. The topological polar surface area (TPSA) is 58.6 Å². The molecule has 2 heterocycles. The van der Waals surface area contributed by atoms with Crippen LogP contribution in [0.4, 0.5) is 0 Å². The van der Waals surface area contributed by atoms with E-state index in [9.17, 15) is 4.79 Å². The Bertz CT molecular complexity index is 495. The third-order valence-corrected chi connectivity index (χ3v) is 3.93. The van der Waals surface area contributed by atoms with Crippen molar-refractivity contribution in [1.82, 2.24) is 5.32 Å². The van der Waals surface area contributed by atoms with E-state index in [1.54, 1.807) is 6.07 Å². The molecule has 0 aromatic carbocycles. The maximum Gasteiger partial charge on any atom is 0.252 e. The molecule has 0 aliphatic carbocycles. The number of hydrogen-bond acceptors (Lipinski definition) is 4. The second-order valence-electron chi connectivity index (χ2n) is 4.65. The number of hydrogen-bond donors (Lipinski definition) is 2. The maximum absolute atomic E-state index is 11.9. The maximum atomic E-state index is 11.9. The van der Waals surface area contributed by atoms with Gasteiger partial charge in [0, 0.05) is 25.0 Å². The predicted molar refractivity (Wildman–Crippen MR) is 78.8 cm³/mol. The van der Waals surface area contributed by atoms with Crippen LogP contribution in [0.5, 0.6) is 0 Å². The highest BCUT2D eigenvalue weighted by Crippen LogP contribution is 2.15. The summed E-state index contributed by atoms with van der Waals surface area (Å²) in [5.74, 6) is 5.72. The third-order valence-electron chi connectivity index (χ3n) is 3.09. The number of nitrogens with one attached hydrogen (secondary N) is 1. The van der Waals surface area contributed by atoms with Gasteiger partial charge in [0.2, 0.25) is 0 Å². The zero-order valence-electron chi connectivity index (χ0n) is 11.4. The Balaban J connectivity index is 1.76. The van der Waals surface area contributed by atoms with Gasteiger partial charge in [-0.1, -0.05) is 11.8 Å². The standard InChI is InChI=1S/C15H19NO3S/c17-8-2-1-5-14-10-12(11-20-14)15(18)16-7-6-13-4-3-9-19-13/h10-11,13,17H,2-4,6-9H2,(H,16,18). The van der Waals surface area contributed by atoms with Gasteiger partial charge in [-0.3, -0.25) is 4.79 Å². The van der Waals surface area contributed by atoms with Gasteiger partial charge >= 0.3 is 0 Å². The minimum atomic E-state index is -0.0607. The summed E-state index contributed by atoms with van der Waals surface area (Å²) < 4.78 is 5.51. The van der Waals surface area contributed by atoms with Crippen LogP contribution in [0, 0.1) is 11.8 Å². The van der Waals surface area contributed by atoms with Gasteiger partial charge in [-0.15, -0.1) is 11.3 Å². The first kappa shape index (κ1) is 15.0. The van der Waals surface area contributed by atoms with Gasteiger partial charge < -0.3 is 15.2 Å². The van der Waals surface area contributed by atoms with E-state index in [0.717, 1.165) is 30.7 Å². The first-order valence-electron chi connectivity index (χ1n) is 6.87. The van der Waals surface area contributed by atoms with E-state index in [4.69, 9.17) is 9.84 Å². The fourth-order valence-electron chi connectivity index (χ4n) is 2.05. The molecule has 0 radical (unpaired) electrons. The van der Waals surface area contributed by atoms with Crippen LogP contribution < -0.4 is 5.32 Å². The molecule has 1 atom stereocenters.